The fourth-order valence-corrected chi connectivity index (χ4v) is 5.22. The van der Waals surface area contributed by atoms with Crippen LogP contribution in [0.4, 0.5) is 0 Å². The van der Waals surface area contributed by atoms with Crippen LogP contribution < -0.4 is 5.32 Å². The van der Waals surface area contributed by atoms with E-state index in [0.29, 0.717) is 0 Å². The molecule has 0 amide bonds. The van der Waals surface area contributed by atoms with Gasteiger partial charge in [0.25, 0.3) is 0 Å². The summed E-state index contributed by atoms with van der Waals surface area (Å²) < 4.78 is 0. The quantitative estimate of drug-likeness (QED) is 0.807. The summed E-state index contributed by atoms with van der Waals surface area (Å²) >= 11 is 0. The zero-order valence-corrected chi connectivity index (χ0v) is 14.9. The van der Waals surface area contributed by atoms with E-state index >= 15 is 0 Å². The molecule has 0 aromatic heterocycles. The molecule has 3 aliphatic rings. The summed E-state index contributed by atoms with van der Waals surface area (Å²) in [4.78, 5) is 2.79. The molecule has 1 saturated heterocycles. The number of nitrogens with zero attached hydrogens (tertiary/aromatic N) is 1. The summed E-state index contributed by atoms with van der Waals surface area (Å²) in [5, 5.41) is 3.95. The van der Waals surface area contributed by atoms with Gasteiger partial charge in [-0.3, -0.25) is 0 Å². The lowest BCUT2D eigenvalue weighted by atomic mass is 9.87. The molecular formula is C20H38N2. The highest BCUT2D eigenvalue weighted by Crippen LogP contribution is 2.27. The van der Waals surface area contributed by atoms with Crippen molar-refractivity contribution in [3.05, 3.63) is 0 Å². The Labute approximate surface area is 138 Å². The predicted octanol–water partition coefficient (Wildman–Crippen LogP) is 4.45. The van der Waals surface area contributed by atoms with Crippen molar-refractivity contribution in [2.24, 2.45) is 17.8 Å². The lowest BCUT2D eigenvalue weighted by Crippen LogP contribution is -2.50. The van der Waals surface area contributed by atoms with Crippen LogP contribution in [0.3, 0.4) is 0 Å². The number of hydrogen-bond donors (Lipinski definition) is 1. The summed E-state index contributed by atoms with van der Waals surface area (Å²) in [5.74, 6) is 2.84. The van der Waals surface area contributed by atoms with Crippen LogP contribution >= 0.6 is 0 Å². The topological polar surface area (TPSA) is 15.3 Å². The van der Waals surface area contributed by atoms with Crippen LogP contribution in [0.5, 0.6) is 0 Å². The van der Waals surface area contributed by atoms with Gasteiger partial charge >= 0.3 is 0 Å². The molecule has 128 valence electrons. The number of hydrogen-bond acceptors (Lipinski definition) is 2. The summed E-state index contributed by atoms with van der Waals surface area (Å²) in [5.41, 5.74) is 0. The van der Waals surface area contributed by atoms with Crippen molar-refractivity contribution in [1.82, 2.24) is 10.2 Å². The lowest BCUT2D eigenvalue weighted by Gasteiger charge is -2.40. The number of rotatable bonds is 5. The van der Waals surface area contributed by atoms with Crippen molar-refractivity contribution in [2.45, 2.75) is 83.6 Å². The van der Waals surface area contributed by atoms with Crippen LogP contribution in [0, 0.1) is 17.8 Å². The predicted molar refractivity (Wildman–Crippen MR) is 95.2 cm³/mol. The molecule has 2 nitrogen and oxygen atoms in total. The van der Waals surface area contributed by atoms with Gasteiger partial charge in [0.15, 0.2) is 0 Å². The Kier molecular flexibility index (Phi) is 6.62. The van der Waals surface area contributed by atoms with E-state index in [4.69, 9.17) is 0 Å². The molecular weight excluding hydrogens is 268 g/mol. The first-order valence-electron chi connectivity index (χ1n) is 10.3. The van der Waals surface area contributed by atoms with Crippen LogP contribution in [-0.4, -0.2) is 37.1 Å². The number of piperidine rings is 1. The summed E-state index contributed by atoms with van der Waals surface area (Å²) in [6.45, 7) is 7.79. The van der Waals surface area contributed by atoms with Gasteiger partial charge in [0.1, 0.15) is 0 Å². The third-order valence-corrected chi connectivity index (χ3v) is 6.40. The minimum Gasteiger partial charge on any atom is -0.312 e. The van der Waals surface area contributed by atoms with Gasteiger partial charge in [-0.1, -0.05) is 45.4 Å². The van der Waals surface area contributed by atoms with Crippen LogP contribution in [-0.2, 0) is 0 Å². The lowest BCUT2D eigenvalue weighted by molar-refractivity contribution is 0.116. The first-order valence-corrected chi connectivity index (χ1v) is 10.3. The molecule has 0 aromatic rings. The first kappa shape index (κ1) is 16.8. The zero-order valence-electron chi connectivity index (χ0n) is 14.9. The molecule has 1 heterocycles. The Morgan fingerprint density at radius 1 is 0.818 bits per heavy atom. The summed E-state index contributed by atoms with van der Waals surface area (Å²) in [6.07, 6.45) is 16.2. The fourth-order valence-electron chi connectivity index (χ4n) is 5.22. The van der Waals surface area contributed by atoms with Crippen LogP contribution in [0.2, 0.25) is 0 Å². The van der Waals surface area contributed by atoms with E-state index in [1.165, 1.54) is 96.8 Å². The Hall–Kier alpha value is -0.0800. The monoisotopic (exact) mass is 306 g/mol. The number of nitrogens with one attached hydrogen (secondary N) is 1. The average Bonchev–Trinajstić information content (AvgIpc) is 2.54. The second-order valence-electron chi connectivity index (χ2n) is 8.67. The van der Waals surface area contributed by atoms with E-state index in [1.54, 1.807) is 0 Å². The second-order valence-corrected chi connectivity index (χ2v) is 8.67. The van der Waals surface area contributed by atoms with Gasteiger partial charge in [-0.2, -0.15) is 0 Å². The molecule has 2 atom stereocenters. The largest absolute Gasteiger partial charge is 0.312 e. The van der Waals surface area contributed by atoms with E-state index in [-0.39, 0.29) is 0 Å². The smallest absolute Gasteiger partial charge is 0.0198 e. The Morgan fingerprint density at radius 3 is 2.14 bits per heavy atom. The standard InChI is InChI=1S/C20H38N2/c1-17-12-20(21-13-18-8-4-2-5-9-18)16-22(14-17)15-19-10-6-3-7-11-19/h17-21H,2-16H2,1H3. The highest BCUT2D eigenvalue weighted by molar-refractivity contribution is 4.84. The van der Waals surface area contributed by atoms with Gasteiger partial charge in [-0.15, -0.1) is 0 Å². The minimum atomic E-state index is 0.759. The molecule has 2 saturated carbocycles. The molecule has 2 unspecified atom stereocenters. The molecule has 3 rings (SSSR count). The van der Waals surface area contributed by atoms with E-state index in [0.717, 1.165) is 23.8 Å². The Bertz CT molecular complexity index is 305. The third kappa shape index (κ3) is 5.23. The van der Waals surface area contributed by atoms with Gasteiger partial charge in [0.2, 0.25) is 0 Å². The van der Waals surface area contributed by atoms with Crippen molar-refractivity contribution in [1.29, 1.82) is 0 Å². The fraction of sp³-hybridized carbons (Fsp3) is 1.00. The highest BCUT2D eigenvalue weighted by Gasteiger charge is 2.27. The van der Waals surface area contributed by atoms with Crippen LogP contribution in [0.25, 0.3) is 0 Å². The van der Waals surface area contributed by atoms with Crippen molar-refractivity contribution in [2.75, 3.05) is 26.2 Å². The molecule has 0 aromatic carbocycles. The van der Waals surface area contributed by atoms with Crippen LogP contribution in [0.1, 0.15) is 77.6 Å². The molecule has 2 aliphatic carbocycles. The summed E-state index contributed by atoms with van der Waals surface area (Å²) in [6, 6.07) is 0.759. The SMILES string of the molecule is CC1CC(NCC2CCCCC2)CN(CC2CCCCC2)C1. The van der Waals surface area contributed by atoms with Gasteiger partial charge in [-0.25, -0.2) is 0 Å². The maximum Gasteiger partial charge on any atom is 0.0198 e. The molecule has 1 aliphatic heterocycles. The van der Waals surface area contributed by atoms with Crippen molar-refractivity contribution >= 4 is 0 Å². The zero-order chi connectivity index (χ0) is 15.2. The minimum absolute atomic E-state index is 0.759. The van der Waals surface area contributed by atoms with Crippen LogP contribution in [0.15, 0.2) is 0 Å². The molecule has 2 heteroatoms. The normalized spacial score (nSPS) is 33.1. The second kappa shape index (κ2) is 8.68. The average molecular weight is 307 g/mol. The Balaban J connectivity index is 1.41. The maximum atomic E-state index is 3.95. The van der Waals surface area contributed by atoms with E-state index in [1.807, 2.05) is 0 Å². The molecule has 3 fully saturated rings. The molecule has 1 N–H and O–H groups in total. The molecule has 22 heavy (non-hydrogen) atoms. The van der Waals surface area contributed by atoms with Crippen molar-refractivity contribution in [3.8, 4) is 0 Å². The van der Waals surface area contributed by atoms with Crippen molar-refractivity contribution < 1.29 is 0 Å². The van der Waals surface area contributed by atoms with Gasteiger partial charge in [0, 0.05) is 25.7 Å². The van der Waals surface area contributed by atoms with Gasteiger partial charge in [-0.05, 0) is 56.4 Å². The summed E-state index contributed by atoms with van der Waals surface area (Å²) in [7, 11) is 0. The Morgan fingerprint density at radius 2 is 1.45 bits per heavy atom. The van der Waals surface area contributed by atoms with E-state index in [9.17, 15) is 0 Å². The van der Waals surface area contributed by atoms with Gasteiger partial charge < -0.3 is 10.2 Å². The van der Waals surface area contributed by atoms with Gasteiger partial charge in [0.05, 0.1) is 0 Å². The van der Waals surface area contributed by atoms with E-state index < -0.39 is 0 Å². The van der Waals surface area contributed by atoms with Crippen molar-refractivity contribution in [3.63, 3.8) is 0 Å². The van der Waals surface area contributed by atoms with E-state index in [2.05, 4.69) is 17.1 Å². The molecule has 0 radical (unpaired) electrons. The molecule has 0 bridgehead atoms. The molecule has 0 spiro atoms. The highest BCUT2D eigenvalue weighted by atomic mass is 15.2. The third-order valence-electron chi connectivity index (χ3n) is 6.40. The maximum absolute atomic E-state index is 3.95. The number of likely N-dealkylation sites (tertiary alicyclic amines) is 1. The first-order chi connectivity index (χ1) is 10.8.